The highest BCUT2D eigenvalue weighted by atomic mass is 32.2. The van der Waals surface area contributed by atoms with E-state index in [0.717, 1.165) is 30.6 Å². The average molecular weight is 374 g/mol. The van der Waals surface area contributed by atoms with Gasteiger partial charge in [-0.15, -0.1) is 0 Å². The molecule has 24 heavy (non-hydrogen) atoms. The first-order chi connectivity index (χ1) is 11.2. The van der Waals surface area contributed by atoms with Gasteiger partial charge < -0.3 is 10.2 Å². The summed E-state index contributed by atoms with van der Waals surface area (Å²) in [7, 11) is -3.87. The van der Waals surface area contributed by atoms with Gasteiger partial charge in [0.1, 0.15) is 0 Å². The Kier molecular flexibility index (Phi) is 5.94. The molecule has 0 saturated carbocycles. The molecule has 2 atom stereocenters. The van der Waals surface area contributed by atoms with E-state index >= 15 is 0 Å². The summed E-state index contributed by atoms with van der Waals surface area (Å²) in [6.45, 7) is 5.48. The number of thiazole rings is 1. The van der Waals surface area contributed by atoms with Gasteiger partial charge in [0.15, 0.2) is 9.34 Å². The Bertz CT molecular complexity index is 716. The van der Waals surface area contributed by atoms with E-state index in [-0.39, 0.29) is 27.2 Å². The van der Waals surface area contributed by atoms with Crippen LogP contribution >= 0.6 is 11.3 Å². The molecular formula is C14H22N4O4S2. The van der Waals surface area contributed by atoms with E-state index in [2.05, 4.69) is 15.0 Å². The highest BCUT2D eigenvalue weighted by Crippen LogP contribution is 2.23. The SMILES string of the molecule is CC(=O)Nc1ncc(S(=O)(=O)NC(C)C(=O)N2CCCCC2C)s1. The van der Waals surface area contributed by atoms with E-state index in [1.165, 1.54) is 20.0 Å². The average Bonchev–Trinajstić information content (AvgIpc) is 2.95. The Hall–Kier alpha value is -1.52. The molecule has 1 aliphatic heterocycles. The Morgan fingerprint density at radius 2 is 2.12 bits per heavy atom. The summed E-state index contributed by atoms with van der Waals surface area (Å²) in [6.07, 6.45) is 4.11. The molecule has 2 rings (SSSR count). The second-order valence-corrected chi connectivity index (χ2v) is 8.86. The number of carbonyl (C=O) groups excluding carboxylic acids is 2. The molecule has 1 fully saturated rings. The maximum absolute atomic E-state index is 12.5. The minimum Gasteiger partial charge on any atom is -0.339 e. The van der Waals surface area contributed by atoms with Crippen LogP contribution in [-0.4, -0.2) is 48.7 Å². The van der Waals surface area contributed by atoms with Crippen LogP contribution in [0.1, 0.15) is 40.0 Å². The zero-order chi connectivity index (χ0) is 17.9. The summed E-state index contributed by atoms with van der Waals surface area (Å²) in [5, 5.41) is 2.63. The van der Waals surface area contributed by atoms with Gasteiger partial charge in [-0.3, -0.25) is 9.59 Å². The van der Waals surface area contributed by atoms with Gasteiger partial charge >= 0.3 is 0 Å². The molecular weight excluding hydrogens is 352 g/mol. The molecule has 0 spiro atoms. The monoisotopic (exact) mass is 374 g/mol. The summed E-state index contributed by atoms with van der Waals surface area (Å²) in [4.78, 5) is 29.1. The highest BCUT2D eigenvalue weighted by molar-refractivity contribution is 7.91. The number of carbonyl (C=O) groups is 2. The predicted molar refractivity (Wildman–Crippen MR) is 91.2 cm³/mol. The summed E-state index contributed by atoms with van der Waals surface area (Å²) in [5.74, 6) is -0.554. The Morgan fingerprint density at radius 1 is 1.42 bits per heavy atom. The summed E-state index contributed by atoms with van der Waals surface area (Å²) < 4.78 is 27.1. The second-order valence-electron chi connectivity index (χ2n) is 5.89. The van der Waals surface area contributed by atoms with Crippen LogP contribution in [0, 0.1) is 0 Å². The molecule has 0 aromatic carbocycles. The lowest BCUT2D eigenvalue weighted by Crippen LogP contribution is -2.51. The van der Waals surface area contributed by atoms with Gasteiger partial charge in [-0.25, -0.2) is 13.4 Å². The number of sulfonamides is 1. The predicted octanol–water partition coefficient (Wildman–Crippen LogP) is 1.17. The van der Waals surface area contributed by atoms with Crippen molar-refractivity contribution in [2.45, 2.75) is 56.3 Å². The van der Waals surface area contributed by atoms with Gasteiger partial charge in [-0.05, 0) is 33.1 Å². The lowest BCUT2D eigenvalue weighted by molar-refractivity contribution is -0.135. The fraction of sp³-hybridized carbons (Fsp3) is 0.643. The number of amides is 2. The summed E-state index contributed by atoms with van der Waals surface area (Å²) >= 11 is 0.840. The van der Waals surface area contributed by atoms with Gasteiger partial charge in [-0.2, -0.15) is 4.72 Å². The standard InChI is InChI=1S/C14H22N4O4S2/c1-9-6-4-5-7-18(9)13(20)10(2)17-24(21,22)12-8-15-14(23-12)16-11(3)19/h8-10,17H,4-7H2,1-3H3,(H,15,16,19). The van der Waals surface area contributed by atoms with Crippen LogP contribution in [0.25, 0.3) is 0 Å². The van der Waals surface area contributed by atoms with Gasteiger partial charge in [-0.1, -0.05) is 11.3 Å². The van der Waals surface area contributed by atoms with Crippen LogP contribution in [0.3, 0.4) is 0 Å². The maximum atomic E-state index is 12.5. The van der Waals surface area contributed by atoms with E-state index in [0.29, 0.717) is 6.54 Å². The minimum atomic E-state index is -3.87. The molecule has 10 heteroatoms. The highest BCUT2D eigenvalue weighted by Gasteiger charge is 2.30. The summed E-state index contributed by atoms with van der Waals surface area (Å²) in [6, 6.07) is -0.741. The lowest BCUT2D eigenvalue weighted by Gasteiger charge is -2.35. The number of aromatic nitrogens is 1. The first kappa shape index (κ1) is 18.8. The van der Waals surface area contributed by atoms with Gasteiger partial charge in [0, 0.05) is 19.5 Å². The number of likely N-dealkylation sites (tertiary alicyclic amines) is 1. The number of piperidine rings is 1. The molecule has 2 unspecified atom stereocenters. The van der Waals surface area contributed by atoms with Crippen LogP contribution in [0.2, 0.25) is 0 Å². The fourth-order valence-electron chi connectivity index (χ4n) is 2.61. The number of anilines is 1. The number of hydrogen-bond donors (Lipinski definition) is 2. The molecule has 0 radical (unpaired) electrons. The summed E-state index contributed by atoms with van der Waals surface area (Å²) in [5.41, 5.74) is 0. The Morgan fingerprint density at radius 3 is 2.75 bits per heavy atom. The van der Waals surface area contributed by atoms with Crippen LogP contribution in [-0.2, 0) is 19.6 Å². The van der Waals surface area contributed by atoms with Crippen molar-refractivity contribution in [2.75, 3.05) is 11.9 Å². The molecule has 1 aromatic rings. The van der Waals surface area contributed by atoms with E-state index in [4.69, 9.17) is 0 Å². The second kappa shape index (κ2) is 7.58. The van der Waals surface area contributed by atoms with Crippen LogP contribution in [0.4, 0.5) is 5.13 Å². The molecule has 134 valence electrons. The zero-order valence-electron chi connectivity index (χ0n) is 13.9. The molecule has 0 bridgehead atoms. The number of nitrogens with zero attached hydrogens (tertiary/aromatic N) is 2. The van der Waals surface area contributed by atoms with Gasteiger partial charge in [0.25, 0.3) is 10.0 Å². The third-order valence-corrected chi connectivity index (χ3v) is 6.74. The van der Waals surface area contributed by atoms with Crippen LogP contribution in [0.5, 0.6) is 0 Å². The quantitative estimate of drug-likeness (QED) is 0.804. The molecule has 1 saturated heterocycles. The molecule has 1 aromatic heterocycles. The largest absolute Gasteiger partial charge is 0.339 e. The molecule has 1 aliphatic rings. The van der Waals surface area contributed by atoms with Crippen molar-refractivity contribution < 1.29 is 18.0 Å². The van der Waals surface area contributed by atoms with Crippen LogP contribution < -0.4 is 10.0 Å². The molecule has 0 aliphatic carbocycles. The van der Waals surface area contributed by atoms with Crippen molar-refractivity contribution in [3.8, 4) is 0 Å². The maximum Gasteiger partial charge on any atom is 0.252 e. The first-order valence-electron chi connectivity index (χ1n) is 7.77. The number of hydrogen-bond acceptors (Lipinski definition) is 6. The van der Waals surface area contributed by atoms with Crippen molar-refractivity contribution >= 4 is 38.3 Å². The normalized spacial score (nSPS) is 19.8. The minimum absolute atomic E-state index is 0.0439. The lowest BCUT2D eigenvalue weighted by atomic mass is 10.0. The first-order valence-corrected chi connectivity index (χ1v) is 10.1. The molecule has 2 amide bonds. The number of nitrogens with one attached hydrogen (secondary N) is 2. The fourth-order valence-corrected chi connectivity index (χ4v) is 4.90. The van der Waals surface area contributed by atoms with Crippen molar-refractivity contribution in [1.82, 2.24) is 14.6 Å². The molecule has 2 N–H and O–H groups in total. The van der Waals surface area contributed by atoms with Crippen molar-refractivity contribution in [1.29, 1.82) is 0 Å². The molecule has 2 heterocycles. The van der Waals surface area contributed by atoms with Crippen LogP contribution in [0.15, 0.2) is 10.4 Å². The van der Waals surface area contributed by atoms with E-state index in [9.17, 15) is 18.0 Å². The third-order valence-electron chi connectivity index (χ3n) is 3.82. The zero-order valence-corrected chi connectivity index (χ0v) is 15.5. The van der Waals surface area contributed by atoms with E-state index in [1.807, 2.05) is 6.92 Å². The van der Waals surface area contributed by atoms with E-state index < -0.39 is 16.1 Å². The third kappa shape index (κ3) is 4.52. The van der Waals surface area contributed by atoms with Gasteiger partial charge in [0.2, 0.25) is 11.8 Å². The Balaban J connectivity index is 2.06. The van der Waals surface area contributed by atoms with Gasteiger partial charge in [0.05, 0.1) is 12.2 Å². The smallest absolute Gasteiger partial charge is 0.252 e. The number of rotatable bonds is 5. The van der Waals surface area contributed by atoms with Crippen molar-refractivity contribution in [3.63, 3.8) is 0 Å². The topological polar surface area (TPSA) is 108 Å². The Labute approximate surface area is 145 Å². The van der Waals surface area contributed by atoms with Crippen molar-refractivity contribution in [3.05, 3.63) is 6.20 Å². The molecule has 8 nitrogen and oxygen atoms in total. The van der Waals surface area contributed by atoms with E-state index in [1.54, 1.807) is 4.90 Å². The van der Waals surface area contributed by atoms with Crippen molar-refractivity contribution in [2.24, 2.45) is 0 Å².